The van der Waals surface area contributed by atoms with Gasteiger partial charge in [-0.25, -0.2) is 0 Å². The van der Waals surface area contributed by atoms with Crippen molar-refractivity contribution in [1.82, 2.24) is 4.90 Å². The second kappa shape index (κ2) is 9.50. The predicted molar refractivity (Wildman–Crippen MR) is 141 cm³/mol. The number of hydrogen-bond donors (Lipinski definition) is 1. The highest BCUT2D eigenvalue weighted by molar-refractivity contribution is 6.24. The Balaban J connectivity index is 1.51. The Morgan fingerprint density at radius 3 is 2.38 bits per heavy atom. The van der Waals surface area contributed by atoms with E-state index in [0.29, 0.717) is 40.2 Å². The van der Waals surface area contributed by atoms with Crippen molar-refractivity contribution in [1.29, 1.82) is 0 Å². The predicted octanol–water partition coefficient (Wildman–Crippen LogP) is 4.17. The van der Waals surface area contributed by atoms with Gasteiger partial charge in [-0.1, -0.05) is 30.9 Å². The first-order chi connectivity index (χ1) is 18.8. The number of phenolic OH excluding ortho intramolecular Hbond substituents is 1. The lowest BCUT2D eigenvalue weighted by molar-refractivity contribution is -0.143. The second-order valence-corrected chi connectivity index (χ2v) is 11.3. The summed E-state index contributed by atoms with van der Waals surface area (Å²) in [4.78, 5) is 56.1. The highest BCUT2D eigenvalue weighted by Crippen LogP contribution is 2.58. The largest absolute Gasteiger partial charge is 0.507 e. The summed E-state index contributed by atoms with van der Waals surface area (Å²) in [5.74, 6) is -2.53. The van der Waals surface area contributed by atoms with Gasteiger partial charge in [0.15, 0.2) is 11.6 Å². The topological polar surface area (TPSA) is 110 Å². The molecule has 4 atom stereocenters. The van der Waals surface area contributed by atoms with Crippen LogP contribution in [0.4, 0.5) is 0 Å². The number of aromatic hydroxyl groups is 1. The van der Waals surface area contributed by atoms with Crippen molar-refractivity contribution >= 4 is 23.4 Å². The molecule has 1 saturated heterocycles. The molecule has 1 aromatic rings. The number of carbonyl (C=O) groups is 4. The highest BCUT2D eigenvalue weighted by atomic mass is 16.5. The van der Waals surface area contributed by atoms with Crippen molar-refractivity contribution in [3.05, 3.63) is 52.1 Å². The van der Waals surface area contributed by atoms with Crippen molar-refractivity contribution in [3.63, 3.8) is 0 Å². The molecule has 1 aliphatic heterocycles. The Kier molecular flexibility index (Phi) is 6.24. The number of phenols is 1. The van der Waals surface area contributed by atoms with Gasteiger partial charge >= 0.3 is 0 Å². The fourth-order valence-electron chi connectivity index (χ4n) is 7.58. The van der Waals surface area contributed by atoms with Crippen LogP contribution < -0.4 is 9.47 Å². The molecule has 6 rings (SSSR count). The van der Waals surface area contributed by atoms with Gasteiger partial charge in [0.05, 0.1) is 26.1 Å². The molecule has 5 aliphatic rings. The van der Waals surface area contributed by atoms with E-state index in [0.717, 1.165) is 37.7 Å². The van der Waals surface area contributed by atoms with Crippen molar-refractivity contribution < 1.29 is 33.8 Å². The smallest absolute Gasteiger partial charge is 0.233 e. The average molecular weight is 532 g/mol. The molecule has 204 valence electrons. The number of rotatable bonds is 4. The number of benzene rings is 1. The van der Waals surface area contributed by atoms with Crippen molar-refractivity contribution in [2.45, 2.75) is 63.8 Å². The molecule has 4 aliphatic carbocycles. The molecule has 8 nitrogen and oxygen atoms in total. The van der Waals surface area contributed by atoms with E-state index in [1.807, 2.05) is 6.08 Å². The number of amides is 2. The van der Waals surface area contributed by atoms with Crippen molar-refractivity contribution in [3.8, 4) is 17.2 Å². The molecule has 4 unspecified atom stereocenters. The summed E-state index contributed by atoms with van der Waals surface area (Å²) < 4.78 is 11.0. The zero-order valence-corrected chi connectivity index (χ0v) is 22.5. The third kappa shape index (κ3) is 3.79. The minimum absolute atomic E-state index is 0.0730. The van der Waals surface area contributed by atoms with E-state index in [4.69, 9.17) is 9.47 Å². The number of ketones is 2. The maximum absolute atomic E-state index is 14.0. The fraction of sp³-hybridized carbons (Fsp3) is 0.484. The Hall–Kier alpha value is -3.68. The first-order valence-corrected chi connectivity index (χ1v) is 13.8. The third-order valence-electron chi connectivity index (χ3n) is 9.38. The minimum atomic E-state index is -0.785. The lowest BCUT2D eigenvalue weighted by Gasteiger charge is -2.42. The van der Waals surface area contributed by atoms with E-state index in [1.165, 1.54) is 31.3 Å². The van der Waals surface area contributed by atoms with Crippen LogP contribution >= 0.6 is 0 Å². The number of hydrogen-bond acceptors (Lipinski definition) is 7. The summed E-state index contributed by atoms with van der Waals surface area (Å²) >= 11 is 0. The Morgan fingerprint density at radius 2 is 1.69 bits per heavy atom. The number of likely N-dealkylation sites (tertiary alicyclic amines) is 1. The SMILES string of the molecule is COc1cc(O)c(C2C3=CCC4C(=O)N(C5CCCCC5)C(=O)C4C3CC3=C2C(=O)C(C)=CC3=O)c(OC)c1. The van der Waals surface area contributed by atoms with Gasteiger partial charge in [-0.05, 0) is 44.6 Å². The number of ether oxygens (including phenoxy) is 2. The van der Waals surface area contributed by atoms with Crippen LogP contribution in [0.3, 0.4) is 0 Å². The number of fused-ring (bicyclic) bond motifs is 3. The summed E-state index contributed by atoms with van der Waals surface area (Å²) in [5.41, 5.74) is 2.15. The molecule has 2 amide bonds. The molecular weight excluding hydrogens is 498 g/mol. The van der Waals surface area contributed by atoms with E-state index in [2.05, 4.69) is 0 Å². The van der Waals surface area contributed by atoms with Crippen LogP contribution in [0.25, 0.3) is 0 Å². The summed E-state index contributed by atoms with van der Waals surface area (Å²) in [5, 5.41) is 11.2. The molecule has 1 saturated carbocycles. The lowest BCUT2D eigenvalue weighted by atomic mass is 9.59. The van der Waals surface area contributed by atoms with E-state index in [1.54, 1.807) is 13.0 Å². The lowest BCUT2D eigenvalue weighted by Crippen LogP contribution is -2.43. The Morgan fingerprint density at radius 1 is 0.949 bits per heavy atom. The average Bonchev–Trinajstić information content (AvgIpc) is 3.20. The number of imide groups is 1. The quantitative estimate of drug-likeness (QED) is 0.353. The van der Waals surface area contributed by atoms with E-state index in [-0.39, 0.29) is 41.6 Å². The normalized spacial score (nSPS) is 29.1. The highest BCUT2D eigenvalue weighted by Gasteiger charge is 2.57. The van der Waals surface area contributed by atoms with Crippen LogP contribution in [-0.2, 0) is 19.2 Å². The number of methoxy groups -OCH3 is 2. The molecule has 8 heteroatoms. The number of carbonyl (C=O) groups excluding carboxylic acids is 4. The summed E-state index contributed by atoms with van der Waals surface area (Å²) in [6, 6.07) is 3.02. The zero-order chi connectivity index (χ0) is 27.6. The van der Waals surface area contributed by atoms with Crippen molar-refractivity contribution in [2.24, 2.45) is 17.8 Å². The van der Waals surface area contributed by atoms with Gasteiger partial charge in [0, 0.05) is 46.4 Å². The second-order valence-electron chi connectivity index (χ2n) is 11.3. The molecule has 0 spiro atoms. The number of nitrogens with zero attached hydrogens (tertiary/aromatic N) is 1. The molecule has 0 bridgehead atoms. The van der Waals surface area contributed by atoms with Gasteiger partial charge < -0.3 is 14.6 Å². The van der Waals surface area contributed by atoms with Gasteiger partial charge in [-0.2, -0.15) is 0 Å². The van der Waals surface area contributed by atoms with Crippen LogP contribution in [0.2, 0.25) is 0 Å². The molecule has 39 heavy (non-hydrogen) atoms. The zero-order valence-electron chi connectivity index (χ0n) is 22.5. The summed E-state index contributed by atoms with van der Waals surface area (Å²) in [7, 11) is 2.95. The van der Waals surface area contributed by atoms with Crippen molar-refractivity contribution in [2.75, 3.05) is 14.2 Å². The Bertz CT molecular complexity index is 1390. The van der Waals surface area contributed by atoms with Gasteiger partial charge in [-0.3, -0.25) is 24.1 Å². The standard InChI is InChI=1S/C31H33NO7/c1-15-11-22(33)21-14-20-18(9-10-19-25(20)31(37)32(30(19)36)16-7-5-4-6-8-16)26(27(21)29(15)35)28-23(34)12-17(38-2)13-24(28)39-3/h9,11-13,16,19-20,25-26,34H,4-8,10,14H2,1-3H3. The van der Waals surface area contributed by atoms with Crippen LogP contribution in [0.15, 0.2) is 46.6 Å². The van der Waals surface area contributed by atoms with Gasteiger partial charge in [0.25, 0.3) is 0 Å². The molecule has 1 heterocycles. The van der Waals surface area contributed by atoms with E-state index in [9.17, 15) is 24.3 Å². The monoisotopic (exact) mass is 531 g/mol. The molecule has 0 radical (unpaired) electrons. The molecule has 1 N–H and O–H groups in total. The number of Topliss-reactive ketones (excluding diaryl/α,β-unsaturated/α-hetero) is 1. The summed E-state index contributed by atoms with van der Waals surface area (Å²) in [6.45, 7) is 1.62. The van der Waals surface area contributed by atoms with Gasteiger partial charge in [0.2, 0.25) is 11.8 Å². The summed E-state index contributed by atoms with van der Waals surface area (Å²) in [6.07, 6.45) is 8.68. The van der Waals surface area contributed by atoms with Gasteiger partial charge in [-0.15, -0.1) is 0 Å². The van der Waals surface area contributed by atoms with Crippen LogP contribution in [0.1, 0.15) is 63.4 Å². The van der Waals surface area contributed by atoms with Gasteiger partial charge in [0.1, 0.15) is 17.2 Å². The van der Waals surface area contributed by atoms with E-state index < -0.39 is 23.7 Å². The maximum Gasteiger partial charge on any atom is 0.233 e. The fourth-order valence-corrected chi connectivity index (χ4v) is 7.58. The molecule has 1 aromatic carbocycles. The molecular formula is C31H33NO7. The Labute approximate surface area is 227 Å². The number of allylic oxidation sites excluding steroid dienone is 6. The maximum atomic E-state index is 14.0. The minimum Gasteiger partial charge on any atom is -0.507 e. The van der Waals surface area contributed by atoms with Crippen LogP contribution in [0.5, 0.6) is 17.2 Å². The van der Waals surface area contributed by atoms with E-state index >= 15 is 0 Å². The first kappa shape index (κ1) is 25.6. The van der Waals surface area contributed by atoms with Crippen LogP contribution in [-0.4, -0.2) is 53.6 Å². The first-order valence-electron chi connectivity index (χ1n) is 13.8. The molecule has 0 aromatic heterocycles. The van der Waals surface area contributed by atoms with Crippen LogP contribution in [0, 0.1) is 17.8 Å². The third-order valence-corrected chi connectivity index (χ3v) is 9.38. The molecule has 2 fully saturated rings.